The van der Waals surface area contributed by atoms with Crippen LogP contribution in [-0.2, 0) is 4.74 Å². The van der Waals surface area contributed by atoms with E-state index < -0.39 is 5.60 Å². The molecule has 1 amide bonds. The maximum atomic E-state index is 12.2. The van der Waals surface area contributed by atoms with E-state index in [0.29, 0.717) is 37.5 Å². The van der Waals surface area contributed by atoms with Crippen molar-refractivity contribution >= 4 is 11.9 Å². The molecule has 2 aliphatic rings. The van der Waals surface area contributed by atoms with E-state index in [1.54, 1.807) is 4.90 Å². The second kappa shape index (κ2) is 7.54. The molecular formula is C18H33N3O2. The van der Waals surface area contributed by atoms with Crippen molar-refractivity contribution in [1.82, 2.24) is 10.2 Å². The first-order valence-corrected chi connectivity index (χ1v) is 9.04. The fraction of sp³-hybridized carbons (Fsp3) is 0.889. The van der Waals surface area contributed by atoms with Crippen LogP contribution < -0.4 is 5.32 Å². The van der Waals surface area contributed by atoms with Crippen molar-refractivity contribution in [3.8, 4) is 0 Å². The standard InChI is InChI=1S/C18H33N3O2/c1-13(2)14-8-6-7-9-15(14)20-16-12-21(11-10-19-16)17(22)23-18(3,4)5/h13-15H,6-12H2,1-5H3,(H,19,20). The van der Waals surface area contributed by atoms with Crippen LogP contribution >= 0.6 is 0 Å². The van der Waals surface area contributed by atoms with E-state index in [9.17, 15) is 4.79 Å². The van der Waals surface area contributed by atoms with Gasteiger partial charge in [0.1, 0.15) is 11.4 Å². The van der Waals surface area contributed by atoms with Gasteiger partial charge in [0.2, 0.25) is 0 Å². The molecule has 0 aromatic rings. The average Bonchev–Trinajstić information content (AvgIpc) is 2.46. The molecule has 2 rings (SSSR count). The van der Waals surface area contributed by atoms with Gasteiger partial charge in [-0.2, -0.15) is 0 Å². The number of amides is 1. The summed E-state index contributed by atoms with van der Waals surface area (Å²) in [5, 5.41) is 3.64. The van der Waals surface area contributed by atoms with Crippen LogP contribution in [0.5, 0.6) is 0 Å². The maximum absolute atomic E-state index is 12.2. The predicted molar refractivity (Wildman–Crippen MR) is 93.8 cm³/mol. The molecule has 0 saturated heterocycles. The summed E-state index contributed by atoms with van der Waals surface area (Å²) in [7, 11) is 0. The topological polar surface area (TPSA) is 53.9 Å². The summed E-state index contributed by atoms with van der Waals surface area (Å²) in [4.78, 5) is 18.6. The van der Waals surface area contributed by atoms with Crippen LogP contribution in [0.1, 0.15) is 60.3 Å². The predicted octanol–water partition coefficient (Wildman–Crippen LogP) is 3.44. The molecule has 1 aliphatic carbocycles. The van der Waals surface area contributed by atoms with Gasteiger partial charge in [0, 0.05) is 12.6 Å². The Morgan fingerprint density at radius 2 is 2.00 bits per heavy atom. The van der Waals surface area contributed by atoms with Crippen LogP contribution in [-0.4, -0.2) is 48.1 Å². The zero-order chi connectivity index (χ0) is 17.0. The number of nitrogens with one attached hydrogen (secondary N) is 1. The maximum Gasteiger partial charge on any atom is 0.410 e. The molecule has 5 nitrogen and oxygen atoms in total. The summed E-state index contributed by atoms with van der Waals surface area (Å²) in [6, 6.07) is 0.487. The molecule has 1 saturated carbocycles. The van der Waals surface area contributed by atoms with Crippen LogP contribution in [0.25, 0.3) is 0 Å². The fourth-order valence-electron chi connectivity index (χ4n) is 3.54. The molecule has 0 aromatic heterocycles. The first-order valence-electron chi connectivity index (χ1n) is 9.04. The normalized spacial score (nSPS) is 26.0. The second-order valence-electron chi connectivity index (χ2n) is 8.17. The SMILES string of the molecule is CC(C)C1CCCCC1NC1=NCCN(C(=O)OC(C)(C)C)C1. The highest BCUT2D eigenvalue weighted by molar-refractivity contribution is 5.88. The number of hydrogen-bond acceptors (Lipinski definition) is 4. The average molecular weight is 323 g/mol. The molecule has 5 heteroatoms. The van der Waals surface area contributed by atoms with E-state index in [0.717, 1.165) is 5.84 Å². The molecule has 1 fully saturated rings. The van der Waals surface area contributed by atoms with Crippen LogP contribution in [0, 0.1) is 11.8 Å². The quantitative estimate of drug-likeness (QED) is 0.847. The first kappa shape index (κ1) is 18.1. The smallest absolute Gasteiger partial charge is 0.410 e. The monoisotopic (exact) mass is 323 g/mol. The van der Waals surface area contributed by atoms with Gasteiger partial charge in [0.25, 0.3) is 0 Å². The largest absolute Gasteiger partial charge is 0.444 e. The van der Waals surface area contributed by atoms with E-state index in [2.05, 4.69) is 24.2 Å². The van der Waals surface area contributed by atoms with E-state index in [1.165, 1.54) is 25.7 Å². The fourth-order valence-corrected chi connectivity index (χ4v) is 3.54. The number of aliphatic imine (C=N–C) groups is 1. The molecule has 0 aromatic carbocycles. The Kier molecular flexibility index (Phi) is 5.93. The Morgan fingerprint density at radius 3 is 2.65 bits per heavy atom. The van der Waals surface area contributed by atoms with Crippen molar-refractivity contribution in [2.75, 3.05) is 19.6 Å². The van der Waals surface area contributed by atoms with Crippen molar-refractivity contribution in [1.29, 1.82) is 0 Å². The van der Waals surface area contributed by atoms with Crippen molar-refractivity contribution in [2.45, 2.75) is 71.9 Å². The van der Waals surface area contributed by atoms with Crippen molar-refractivity contribution in [3.05, 3.63) is 0 Å². The zero-order valence-electron chi connectivity index (χ0n) is 15.4. The number of hydrogen-bond donors (Lipinski definition) is 1. The summed E-state index contributed by atoms with van der Waals surface area (Å²) >= 11 is 0. The molecule has 0 radical (unpaired) electrons. The lowest BCUT2D eigenvalue weighted by Crippen LogP contribution is -2.51. The molecular weight excluding hydrogens is 290 g/mol. The highest BCUT2D eigenvalue weighted by Gasteiger charge is 2.30. The van der Waals surface area contributed by atoms with Gasteiger partial charge < -0.3 is 10.1 Å². The van der Waals surface area contributed by atoms with Gasteiger partial charge in [0.05, 0.1) is 13.1 Å². The summed E-state index contributed by atoms with van der Waals surface area (Å²) in [6.45, 7) is 12.1. The third-order valence-corrected chi connectivity index (χ3v) is 4.69. The van der Waals surface area contributed by atoms with Gasteiger partial charge in [-0.05, 0) is 45.4 Å². The summed E-state index contributed by atoms with van der Waals surface area (Å²) in [6.07, 6.45) is 4.87. The van der Waals surface area contributed by atoms with Crippen LogP contribution in [0.2, 0.25) is 0 Å². The molecule has 132 valence electrons. The van der Waals surface area contributed by atoms with Crippen LogP contribution in [0.3, 0.4) is 0 Å². The lowest BCUT2D eigenvalue weighted by Gasteiger charge is -2.37. The highest BCUT2D eigenvalue weighted by Crippen LogP contribution is 2.30. The molecule has 1 N–H and O–H groups in total. The minimum absolute atomic E-state index is 0.240. The molecule has 0 bridgehead atoms. The Labute approximate surface area is 140 Å². The Bertz CT molecular complexity index is 440. The van der Waals surface area contributed by atoms with Crippen molar-refractivity contribution < 1.29 is 9.53 Å². The van der Waals surface area contributed by atoms with Gasteiger partial charge in [-0.15, -0.1) is 0 Å². The molecule has 0 spiro atoms. The van der Waals surface area contributed by atoms with Crippen molar-refractivity contribution in [2.24, 2.45) is 16.8 Å². The molecule has 2 unspecified atom stereocenters. The molecule has 1 aliphatic heterocycles. The van der Waals surface area contributed by atoms with Gasteiger partial charge in [-0.3, -0.25) is 9.89 Å². The first-order chi connectivity index (χ1) is 10.8. The second-order valence-corrected chi connectivity index (χ2v) is 8.17. The lowest BCUT2D eigenvalue weighted by molar-refractivity contribution is 0.0275. The molecule has 23 heavy (non-hydrogen) atoms. The number of amidine groups is 1. The number of carbonyl (C=O) groups excluding carboxylic acids is 1. The van der Waals surface area contributed by atoms with Gasteiger partial charge >= 0.3 is 6.09 Å². The Morgan fingerprint density at radius 1 is 1.30 bits per heavy atom. The Hall–Kier alpha value is -1.26. The number of rotatable bonds is 2. The summed E-state index contributed by atoms with van der Waals surface area (Å²) < 4.78 is 5.48. The number of carbonyl (C=O) groups is 1. The van der Waals surface area contributed by atoms with Crippen LogP contribution in [0.15, 0.2) is 4.99 Å². The van der Waals surface area contributed by atoms with E-state index in [1.807, 2.05) is 20.8 Å². The van der Waals surface area contributed by atoms with Gasteiger partial charge in [-0.1, -0.05) is 26.7 Å². The Balaban J connectivity index is 1.93. The third-order valence-electron chi connectivity index (χ3n) is 4.69. The summed E-state index contributed by atoms with van der Waals surface area (Å²) in [5.74, 6) is 2.32. The highest BCUT2D eigenvalue weighted by atomic mass is 16.6. The van der Waals surface area contributed by atoms with Gasteiger partial charge in [0.15, 0.2) is 0 Å². The molecule has 1 heterocycles. The van der Waals surface area contributed by atoms with E-state index in [-0.39, 0.29) is 6.09 Å². The van der Waals surface area contributed by atoms with E-state index >= 15 is 0 Å². The van der Waals surface area contributed by atoms with E-state index in [4.69, 9.17) is 4.74 Å². The van der Waals surface area contributed by atoms with Gasteiger partial charge in [-0.25, -0.2) is 4.79 Å². The van der Waals surface area contributed by atoms with Crippen LogP contribution in [0.4, 0.5) is 4.79 Å². The third kappa shape index (κ3) is 5.40. The number of nitrogens with zero attached hydrogens (tertiary/aromatic N) is 2. The minimum Gasteiger partial charge on any atom is -0.444 e. The minimum atomic E-state index is -0.453. The summed E-state index contributed by atoms with van der Waals surface area (Å²) in [5.41, 5.74) is -0.453. The number of ether oxygens (including phenoxy) is 1. The zero-order valence-corrected chi connectivity index (χ0v) is 15.4. The lowest BCUT2D eigenvalue weighted by atomic mass is 9.78. The van der Waals surface area contributed by atoms with Crippen molar-refractivity contribution in [3.63, 3.8) is 0 Å². The molecule has 2 atom stereocenters.